The summed E-state index contributed by atoms with van der Waals surface area (Å²) in [4.78, 5) is 33.0. The number of hydrogen-bond acceptors (Lipinski definition) is 7. The summed E-state index contributed by atoms with van der Waals surface area (Å²) in [6.45, 7) is 6.78. The van der Waals surface area contributed by atoms with E-state index >= 15 is 0 Å². The zero-order valence-corrected chi connectivity index (χ0v) is 26.3. The Bertz CT molecular complexity index is 1630. The summed E-state index contributed by atoms with van der Waals surface area (Å²) in [6.07, 6.45) is 4.30. The van der Waals surface area contributed by atoms with E-state index in [-0.39, 0.29) is 24.1 Å². The second-order valence-electron chi connectivity index (χ2n) is 10.6. The van der Waals surface area contributed by atoms with Gasteiger partial charge in [0.05, 0.1) is 30.9 Å². The summed E-state index contributed by atoms with van der Waals surface area (Å²) < 4.78 is 13.9. The number of nitrogens with two attached hydrogens (primary N) is 1. The zero-order chi connectivity index (χ0) is 30.5. The lowest BCUT2D eigenvalue weighted by molar-refractivity contribution is 0.0729. The van der Waals surface area contributed by atoms with E-state index in [9.17, 15) is 9.59 Å². The number of amides is 2. The number of nitrogens with zero attached hydrogens (tertiary/aromatic N) is 4. The predicted octanol–water partition coefficient (Wildman–Crippen LogP) is 5.32. The summed E-state index contributed by atoms with van der Waals surface area (Å²) in [5.41, 5.74) is 10.7. The van der Waals surface area contributed by atoms with Crippen LogP contribution in [0.3, 0.4) is 0 Å². The van der Waals surface area contributed by atoms with Crippen LogP contribution >= 0.6 is 15.9 Å². The standard InChI is InChI=1S/C32H37BrN6O4/c1-4-28-27(29(36-24-9-11-43-12-10-24)26-17-35-39(5-2)31(26)37-28)19-38(18-20-13-23(33)16-25(14-20)42-3)32(41)22-8-6-7-21(15-22)30(34)40/h6-8,13-17,24H,4-5,9-12,18-19H2,1-3H3,(H2,34,40)(H,36,37). The van der Waals surface area contributed by atoms with Crippen molar-refractivity contribution in [3.8, 4) is 5.75 Å². The Morgan fingerprint density at radius 3 is 2.60 bits per heavy atom. The molecule has 226 valence electrons. The minimum atomic E-state index is -0.586. The van der Waals surface area contributed by atoms with Gasteiger partial charge in [-0.15, -0.1) is 0 Å². The maximum absolute atomic E-state index is 14.2. The van der Waals surface area contributed by atoms with Gasteiger partial charge < -0.3 is 25.4 Å². The normalized spacial score (nSPS) is 13.7. The first-order valence-corrected chi connectivity index (χ1v) is 15.3. The number of fused-ring (bicyclic) bond motifs is 1. The molecule has 1 aliphatic rings. The van der Waals surface area contributed by atoms with E-state index in [4.69, 9.17) is 20.2 Å². The summed E-state index contributed by atoms with van der Waals surface area (Å²) in [5.74, 6) is -0.138. The minimum Gasteiger partial charge on any atom is -0.497 e. The molecule has 3 heterocycles. The Labute approximate surface area is 259 Å². The molecule has 1 fully saturated rings. The first-order valence-electron chi connectivity index (χ1n) is 14.5. The fourth-order valence-corrected chi connectivity index (χ4v) is 6.03. The first-order chi connectivity index (χ1) is 20.8. The van der Waals surface area contributed by atoms with Gasteiger partial charge in [0.15, 0.2) is 5.65 Å². The smallest absolute Gasteiger partial charge is 0.254 e. The van der Waals surface area contributed by atoms with Crippen LogP contribution in [-0.2, 0) is 30.8 Å². The summed E-state index contributed by atoms with van der Waals surface area (Å²) in [6, 6.07) is 12.5. The Kier molecular flexibility index (Phi) is 9.62. The Balaban J connectivity index is 1.63. The molecule has 4 aromatic rings. The minimum absolute atomic E-state index is 0.221. The molecule has 2 aromatic heterocycles. The quantitative estimate of drug-likeness (QED) is 0.226. The average Bonchev–Trinajstić information content (AvgIpc) is 3.44. The lowest BCUT2D eigenvalue weighted by Crippen LogP contribution is -2.33. The maximum atomic E-state index is 14.2. The van der Waals surface area contributed by atoms with Crippen molar-refractivity contribution >= 4 is 44.5 Å². The number of carbonyl (C=O) groups is 2. The number of rotatable bonds is 11. The van der Waals surface area contributed by atoms with Crippen molar-refractivity contribution in [1.29, 1.82) is 0 Å². The van der Waals surface area contributed by atoms with Crippen LogP contribution in [0.2, 0.25) is 0 Å². The van der Waals surface area contributed by atoms with Crippen molar-refractivity contribution in [3.63, 3.8) is 0 Å². The van der Waals surface area contributed by atoms with Crippen molar-refractivity contribution < 1.29 is 19.1 Å². The second kappa shape index (κ2) is 13.6. The summed E-state index contributed by atoms with van der Waals surface area (Å²) >= 11 is 3.57. The number of halogens is 1. The van der Waals surface area contributed by atoms with E-state index in [1.165, 1.54) is 0 Å². The molecular weight excluding hydrogens is 612 g/mol. The Morgan fingerprint density at radius 1 is 1.14 bits per heavy atom. The van der Waals surface area contributed by atoms with Crippen LogP contribution < -0.4 is 15.8 Å². The third-order valence-corrected chi connectivity index (χ3v) is 8.20. The number of carbonyl (C=O) groups excluding carboxylic acids is 2. The molecule has 3 N–H and O–H groups in total. The van der Waals surface area contributed by atoms with Crippen LogP contribution in [0.25, 0.3) is 11.0 Å². The lowest BCUT2D eigenvalue weighted by Gasteiger charge is -2.29. The summed E-state index contributed by atoms with van der Waals surface area (Å²) in [7, 11) is 1.61. The fraction of sp³-hybridized carbons (Fsp3) is 0.375. The molecule has 0 radical (unpaired) electrons. The molecule has 0 aliphatic carbocycles. The van der Waals surface area contributed by atoms with E-state index in [0.717, 1.165) is 50.9 Å². The zero-order valence-electron chi connectivity index (χ0n) is 24.7. The van der Waals surface area contributed by atoms with Gasteiger partial charge in [0.1, 0.15) is 5.75 Å². The Morgan fingerprint density at radius 2 is 1.91 bits per heavy atom. The van der Waals surface area contributed by atoms with Gasteiger partial charge in [0.2, 0.25) is 5.91 Å². The highest BCUT2D eigenvalue weighted by Gasteiger charge is 2.26. The van der Waals surface area contributed by atoms with Crippen LogP contribution in [0.4, 0.5) is 5.69 Å². The van der Waals surface area contributed by atoms with Crippen LogP contribution in [0.5, 0.6) is 5.75 Å². The highest BCUT2D eigenvalue weighted by Crippen LogP contribution is 2.33. The molecule has 0 unspecified atom stereocenters. The van der Waals surface area contributed by atoms with E-state index < -0.39 is 5.91 Å². The van der Waals surface area contributed by atoms with Gasteiger partial charge in [0, 0.05) is 59.2 Å². The van der Waals surface area contributed by atoms with Crippen molar-refractivity contribution in [2.24, 2.45) is 5.73 Å². The lowest BCUT2D eigenvalue weighted by atomic mass is 10.0. The molecule has 0 bridgehead atoms. The molecule has 1 aliphatic heterocycles. The molecule has 10 nitrogen and oxygen atoms in total. The van der Waals surface area contributed by atoms with Gasteiger partial charge in [0.25, 0.3) is 5.91 Å². The fourth-order valence-electron chi connectivity index (χ4n) is 5.51. The largest absolute Gasteiger partial charge is 0.497 e. The SMILES string of the molecule is CCc1nc2c(cnn2CC)c(NC2CCOCC2)c1CN(Cc1cc(Br)cc(OC)c1)C(=O)c1cccc(C(N)=O)c1. The molecule has 2 aromatic carbocycles. The number of nitrogens with one attached hydrogen (secondary N) is 1. The number of hydrogen-bond donors (Lipinski definition) is 2. The van der Waals surface area contributed by atoms with E-state index in [1.807, 2.05) is 36.0 Å². The van der Waals surface area contributed by atoms with E-state index in [2.05, 4.69) is 33.3 Å². The van der Waals surface area contributed by atoms with Gasteiger partial charge in [-0.1, -0.05) is 28.9 Å². The second-order valence-corrected chi connectivity index (χ2v) is 11.5. The summed E-state index contributed by atoms with van der Waals surface area (Å²) in [5, 5.41) is 9.34. The molecule has 0 atom stereocenters. The Hall–Kier alpha value is -3.96. The van der Waals surface area contributed by atoms with Gasteiger partial charge in [-0.05, 0) is 68.1 Å². The molecule has 0 saturated carbocycles. The molecule has 1 saturated heterocycles. The number of anilines is 1. The van der Waals surface area contributed by atoms with E-state index in [0.29, 0.717) is 44.0 Å². The van der Waals surface area contributed by atoms with Crippen LogP contribution in [0, 0.1) is 0 Å². The van der Waals surface area contributed by atoms with Gasteiger partial charge in [-0.25, -0.2) is 9.67 Å². The third kappa shape index (κ3) is 6.83. The van der Waals surface area contributed by atoms with Crippen LogP contribution in [-0.4, -0.2) is 57.8 Å². The highest BCUT2D eigenvalue weighted by atomic mass is 79.9. The molecule has 2 amide bonds. The monoisotopic (exact) mass is 648 g/mol. The topological polar surface area (TPSA) is 125 Å². The molecule has 5 rings (SSSR count). The molecule has 43 heavy (non-hydrogen) atoms. The van der Waals surface area contributed by atoms with Crippen LogP contribution in [0.1, 0.15) is 64.2 Å². The number of methoxy groups -OCH3 is 1. The van der Waals surface area contributed by atoms with Crippen molar-refractivity contribution in [1.82, 2.24) is 19.7 Å². The van der Waals surface area contributed by atoms with Gasteiger partial charge >= 0.3 is 0 Å². The number of aryl methyl sites for hydroxylation is 2. The highest BCUT2D eigenvalue weighted by molar-refractivity contribution is 9.10. The molecular formula is C32H37BrN6O4. The maximum Gasteiger partial charge on any atom is 0.254 e. The number of aromatic nitrogens is 3. The average molecular weight is 650 g/mol. The van der Waals surface area contributed by atoms with Gasteiger partial charge in [-0.2, -0.15) is 5.10 Å². The van der Waals surface area contributed by atoms with E-state index in [1.54, 1.807) is 36.3 Å². The third-order valence-electron chi connectivity index (χ3n) is 7.75. The number of ether oxygens (including phenoxy) is 2. The molecule has 11 heteroatoms. The van der Waals surface area contributed by atoms with Gasteiger partial charge in [-0.3, -0.25) is 9.59 Å². The molecule has 0 spiro atoms. The van der Waals surface area contributed by atoms with Crippen molar-refractivity contribution in [2.75, 3.05) is 25.6 Å². The predicted molar refractivity (Wildman–Crippen MR) is 169 cm³/mol. The van der Waals surface area contributed by atoms with Crippen molar-refractivity contribution in [2.45, 2.75) is 58.8 Å². The van der Waals surface area contributed by atoms with Crippen LogP contribution in [0.15, 0.2) is 53.1 Å². The first kappa shape index (κ1) is 30.5. The number of primary amides is 1. The number of benzene rings is 2. The number of pyridine rings is 1. The van der Waals surface area contributed by atoms with Crippen molar-refractivity contribution in [3.05, 3.63) is 81.1 Å².